The van der Waals surface area contributed by atoms with E-state index < -0.39 is 17.7 Å². The van der Waals surface area contributed by atoms with Crippen LogP contribution in [0.25, 0.3) is 22.0 Å². The number of halogens is 1. The molecule has 33 heavy (non-hydrogen) atoms. The topological polar surface area (TPSA) is 78.5 Å². The number of nitrogens with zero attached hydrogens (tertiary/aromatic N) is 3. The first-order valence-corrected chi connectivity index (χ1v) is 11.3. The smallest absolute Gasteiger partial charge is 0.337 e. The van der Waals surface area contributed by atoms with Crippen molar-refractivity contribution >= 4 is 34.2 Å². The number of ether oxygens (including phenoxy) is 1. The zero-order chi connectivity index (χ0) is 24.2. The van der Waals surface area contributed by atoms with Gasteiger partial charge in [-0.2, -0.15) is 5.26 Å². The first kappa shape index (κ1) is 23.2. The third-order valence-corrected chi connectivity index (χ3v) is 6.52. The SMILES string of the molecule is Cc1c([C@H](OC(C)(C)C)C(=O)O)c(-c2ccc(Cl)cc2)c2c(C#N)c(C)n3c2c1N(C)CC3. The maximum absolute atomic E-state index is 12.6. The summed E-state index contributed by atoms with van der Waals surface area (Å²) in [6.07, 6.45) is -1.21. The van der Waals surface area contributed by atoms with Crippen molar-refractivity contribution in [3.63, 3.8) is 0 Å². The lowest BCUT2D eigenvalue weighted by Crippen LogP contribution is -2.31. The summed E-state index contributed by atoms with van der Waals surface area (Å²) in [5.41, 5.74) is 5.60. The summed E-state index contributed by atoms with van der Waals surface area (Å²) in [4.78, 5) is 14.7. The molecule has 0 saturated heterocycles. The largest absolute Gasteiger partial charge is 0.479 e. The van der Waals surface area contributed by atoms with E-state index in [9.17, 15) is 15.2 Å². The molecular formula is C26H28ClN3O3. The molecule has 1 N–H and O–H groups in total. The minimum absolute atomic E-state index is 0.563. The second-order valence-electron chi connectivity index (χ2n) is 9.59. The lowest BCUT2D eigenvalue weighted by Gasteiger charge is -2.34. The van der Waals surface area contributed by atoms with Crippen LogP contribution in [0.4, 0.5) is 5.69 Å². The van der Waals surface area contributed by atoms with Crippen LogP contribution in [0.5, 0.6) is 0 Å². The summed E-state index contributed by atoms with van der Waals surface area (Å²) in [5, 5.41) is 21.8. The molecule has 1 atom stereocenters. The molecular weight excluding hydrogens is 438 g/mol. The van der Waals surface area contributed by atoms with Crippen LogP contribution in [0, 0.1) is 25.2 Å². The summed E-state index contributed by atoms with van der Waals surface area (Å²) >= 11 is 6.17. The molecule has 172 valence electrons. The van der Waals surface area contributed by atoms with Crippen LogP contribution in [-0.2, 0) is 16.1 Å². The number of likely N-dealkylation sites (N-methyl/N-ethyl adjacent to an activating group) is 1. The quantitative estimate of drug-likeness (QED) is 0.523. The highest BCUT2D eigenvalue weighted by Crippen LogP contribution is 2.49. The number of carbonyl (C=O) groups is 1. The minimum atomic E-state index is -1.21. The van der Waals surface area contributed by atoms with E-state index in [0.29, 0.717) is 21.7 Å². The third-order valence-electron chi connectivity index (χ3n) is 6.27. The fraction of sp³-hybridized carbons (Fsp3) is 0.385. The second kappa shape index (κ2) is 8.09. The number of benzene rings is 2. The van der Waals surface area contributed by atoms with Crippen LogP contribution >= 0.6 is 11.6 Å². The average molecular weight is 466 g/mol. The molecule has 6 nitrogen and oxygen atoms in total. The summed E-state index contributed by atoms with van der Waals surface area (Å²) in [6.45, 7) is 11.0. The molecule has 4 rings (SSSR count). The predicted octanol–water partition coefficient (Wildman–Crippen LogP) is 5.84. The second-order valence-corrected chi connectivity index (χ2v) is 10.0. The molecule has 0 fully saturated rings. The molecule has 2 aromatic carbocycles. The van der Waals surface area contributed by atoms with E-state index in [1.165, 1.54) is 0 Å². The van der Waals surface area contributed by atoms with Crippen LogP contribution in [0.2, 0.25) is 5.02 Å². The first-order chi connectivity index (χ1) is 15.5. The fourth-order valence-corrected chi connectivity index (χ4v) is 5.06. The fourth-order valence-electron chi connectivity index (χ4n) is 4.93. The number of carboxylic acid groups (broad SMARTS) is 1. The number of rotatable bonds is 4. The monoisotopic (exact) mass is 465 g/mol. The Morgan fingerprint density at radius 3 is 2.39 bits per heavy atom. The molecule has 0 unspecified atom stereocenters. The average Bonchev–Trinajstić information content (AvgIpc) is 3.01. The molecule has 7 heteroatoms. The van der Waals surface area contributed by atoms with E-state index >= 15 is 0 Å². The van der Waals surface area contributed by atoms with Crippen LogP contribution in [0.3, 0.4) is 0 Å². The van der Waals surface area contributed by atoms with E-state index in [2.05, 4.69) is 15.5 Å². The van der Waals surface area contributed by atoms with E-state index in [1.807, 2.05) is 53.8 Å². The number of nitriles is 1. The van der Waals surface area contributed by atoms with Crippen molar-refractivity contribution in [2.45, 2.75) is 52.9 Å². The standard InChI is InChI=1S/C26H28ClN3O3/c1-14-19(24(25(31)32)33-26(3,4)5)20(16-7-9-17(27)10-8-16)21-18(13-28)15(2)30-12-11-29(6)22(14)23(21)30/h7-10,24H,11-12H2,1-6H3,(H,31,32)/t24-/m0/s1. The van der Waals surface area contributed by atoms with Gasteiger partial charge in [-0.3, -0.25) is 0 Å². The van der Waals surface area contributed by atoms with E-state index in [0.717, 1.165) is 46.5 Å². The van der Waals surface area contributed by atoms with Gasteiger partial charge in [-0.25, -0.2) is 4.79 Å². The van der Waals surface area contributed by atoms with E-state index in [-0.39, 0.29) is 0 Å². The van der Waals surface area contributed by atoms with Gasteiger partial charge in [-0.1, -0.05) is 23.7 Å². The molecule has 0 aliphatic carbocycles. The Morgan fingerprint density at radius 2 is 1.85 bits per heavy atom. The molecule has 1 aliphatic heterocycles. The zero-order valence-electron chi connectivity index (χ0n) is 19.8. The lowest BCUT2D eigenvalue weighted by molar-refractivity contribution is -0.160. The Kier molecular flexibility index (Phi) is 5.68. The van der Waals surface area contributed by atoms with Gasteiger partial charge < -0.3 is 19.3 Å². The molecule has 1 aromatic heterocycles. The van der Waals surface area contributed by atoms with Crippen molar-refractivity contribution in [3.05, 3.63) is 51.7 Å². The maximum Gasteiger partial charge on any atom is 0.337 e. The van der Waals surface area contributed by atoms with Crippen molar-refractivity contribution in [3.8, 4) is 17.2 Å². The molecule has 0 radical (unpaired) electrons. The number of aromatic nitrogens is 1. The van der Waals surface area contributed by atoms with Gasteiger partial charge in [0, 0.05) is 41.8 Å². The van der Waals surface area contributed by atoms with Crippen molar-refractivity contribution in [1.29, 1.82) is 5.26 Å². The van der Waals surface area contributed by atoms with Gasteiger partial charge in [0.15, 0.2) is 6.10 Å². The van der Waals surface area contributed by atoms with Crippen LogP contribution in [0.1, 0.15) is 49.3 Å². The number of hydrogen-bond donors (Lipinski definition) is 1. The highest BCUT2D eigenvalue weighted by Gasteiger charge is 2.36. The molecule has 0 spiro atoms. The van der Waals surface area contributed by atoms with Gasteiger partial charge in [0.2, 0.25) is 0 Å². The van der Waals surface area contributed by atoms with Crippen LogP contribution in [-0.4, -0.2) is 34.8 Å². The number of aliphatic carboxylic acids is 1. The van der Waals surface area contributed by atoms with Crippen LogP contribution in [0.15, 0.2) is 24.3 Å². The molecule has 3 aromatic rings. The van der Waals surface area contributed by atoms with Gasteiger partial charge in [-0.15, -0.1) is 0 Å². The molecule has 0 saturated carbocycles. The highest BCUT2D eigenvalue weighted by atomic mass is 35.5. The maximum atomic E-state index is 12.6. The molecule has 1 aliphatic rings. The van der Waals surface area contributed by atoms with Crippen LogP contribution < -0.4 is 4.90 Å². The van der Waals surface area contributed by atoms with E-state index in [4.69, 9.17) is 16.3 Å². The minimum Gasteiger partial charge on any atom is -0.479 e. The first-order valence-electron chi connectivity index (χ1n) is 10.9. The Bertz CT molecular complexity index is 1310. The molecule has 2 heterocycles. The Labute approximate surface area is 198 Å². The van der Waals surface area contributed by atoms with Crippen molar-refractivity contribution in [2.75, 3.05) is 18.5 Å². The summed E-state index contributed by atoms with van der Waals surface area (Å²) in [6, 6.07) is 9.71. The number of hydrogen-bond acceptors (Lipinski definition) is 4. The zero-order valence-corrected chi connectivity index (χ0v) is 20.5. The summed E-state index contributed by atoms with van der Waals surface area (Å²) < 4.78 is 8.31. The van der Waals surface area contributed by atoms with E-state index in [1.54, 1.807) is 12.1 Å². The Balaban J connectivity index is 2.25. The van der Waals surface area contributed by atoms with Crippen molar-refractivity contribution < 1.29 is 14.6 Å². The third kappa shape index (κ3) is 3.76. The van der Waals surface area contributed by atoms with Gasteiger partial charge >= 0.3 is 5.97 Å². The number of anilines is 1. The Morgan fingerprint density at radius 1 is 1.21 bits per heavy atom. The van der Waals surface area contributed by atoms with Crippen molar-refractivity contribution in [2.24, 2.45) is 0 Å². The van der Waals surface area contributed by atoms with Crippen molar-refractivity contribution in [1.82, 2.24) is 4.57 Å². The molecule has 0 bridgehead atoms. The highest BCUT2D eigenvalue weighted by molar-refractivity contribution is 6.30. The predicted molar refractivity (Wildman–Crippen MR) is 131 cm³/mol. The molecule has 0 amide bonds. The van der Waals surface area contributed by atoms with Gasteiger partial charge in [0.25, 0.3) is 0 Å². The Hall–Kier alpha value is -3.01. The lowest BCUT2D eigenvalue weighted by atomic mass is 9.86. The van der Waals surface area contributed by atoms with Gasteiger partial charge in [0.05, 0.1) is 22.4 Å². The summed E-state index contributed by atoms with van der Waals surface area (Å²) in [7, 11) is 2.01. The van der Waals surface area contributed by atoms with Gasteiger partial charge in [-0.05, 0) is 63.4 Å². The number of carboxylic acids is 1. The normalized spacial score (nSPS) is 14.4. The van der Waals surface area contributed by atoms with Gasteiger partial charge in [0.1, 0.15) is 6.07 Å². The summed E-state index contributed by atoms with van der Waals surface area (Å²) in [5.74, 6) is -1.07.